The van der Waals surface area contributed by atoms with Gasteiger partial charge in [0.2, 0.25) is 0 Å². The van der Waals surface area contributed by atoms with E-state index in [0.717, 1.165) is 62.7 Å². The largest absolute Gasteiger partial charge is 0.465 e. The smallest absolute Gasteiger partial charge is 0.338 e. The van der Waals surface area contributed by atoms with Crippen molar-refractivity contribution in [2.75, 3.05) is 65.3 Å². The molecular weight excluding hydrogens is 797 g/mol. The van der Waals surface area contributed by atoms with E-state index < -0.39 is 0 Å². The number of hydrogen-bond acceptors (Lipinski definition) is 10. The molecule has 10 nitrogen and oxygen atoms in total. The molecule has 0 fully saturated rings. The lowest BCUT2D eigenvalue weighted by atomic mass is 9.88. The van der Waals surface area contributed by atoms with Gasteiger partial charge in [0.1, 0.15) is 0 Å². The second-order valence-electron chi connectivity index (χ2n) is 17.2. The van der Waals surface area contributed by atoms with Crippen molar-refractivity contribution in [1.82, 2.24) is 19.8 Å². The minimum absolute atomic E-state index is 0.302. The number of methoxy groups -OCH3 is 2. The van der Waals surface area contributed by atoms with Crippen molar-refractivity contribution >= 4 is 34.7 Å². The number of nitrogens with zero attached hydrogens (tertiary/aromatic N) is 6. The van der Waals surface area contributed by atoms with Crippen LogP contribution < -0.4 is 9.80 Å². The summed E-state index contributed by atoms with van der Waals surface area (Å²) in [6.45, 7) is 6.26. The molecule has 0 radical (unpaired) electrons. The Morgan fingerprint density at radius 3 is 1.33 bits per heavy atom. The molecule has 0 N–H and O–H groups in total. The number of carbonyl (C=O) groups excluding carboxylic acids is 2. The Balaban J connectivity index is 0.000000191. The number of fused-ring (bicyclic) bond motifs is 2. The molecule has 0 saturated carbocycles. The number of carbonyl (C=O) groups is 2. The fourth-order valence-electron chi connectivity index (χ4n) is 9.11. The first-order chi connectivity index (χ1) is 30.9. The van der Waals surface area contributed by atoms with E-state index in [4.69, 9.17) is 9.47 Å². The van der Waals surface area contributed by atoms with Gasteiger partial charge in [0.15, 0.2) is 0 Å². The van der Waals surface area contributed by atoms with Crippen LogP contribution in [0.3, 0.4) is 0 Å². The highest BCUT2D eigenvalue weighted by atomic mass is 16.5. The maximum Gasteiger partial charge on any atom is 0.338 e. The van der Waals surface area contributed by atoms with Crippen LogP contribution in [0.2, 0.25) is 0 Å². The van der Waals surface area contributed by atoms with Crippen LogP contribution in [0.25, 0.3) is 0 Å². The SMILES string of the molecule is COC(=O)c1ccncc1CC[C@@H]1c2ccc(N(C)c3ccc(C)cc3)cc2CCN1C.COC(=O)c1ccncc1CC[C@H]1c2ccc(N(C)c3ccc(C)cc3)cc2CCN1C. The van der Waals surface area contributed by atoms with Crippen LogP contribution >= 0.6 is 0 Å². The minimum atomic E-state index is -0.302. The second-order valence-corrected chi connectivity index (χ2v) is 17.2. The van der Waals surface area contributed by atoms with Crippen molar-refractivity contribution in [1.29, 1.82) is 0 Å². The molecule has 64 heavy (non-hydrogen) atoms. The first kappa shape index (κ1) is 45.7. The van der Waals surface area contributed by atoms with E-state index >= 15 is 0 Å². The van der Waals surface area contributed by atoms with E-state index in [1.165, 1.54) is 70.3 Å². The van der Waals surface area contributed by atoms with Crippen molar-refractivity contribution in [3.8, 4) is 0 Å². The number of likely N-dealkylation sites (N-methyl/N-ethyl adjacent to an activating group) is 2. The number of aryl methyl sites for hydroxylation is 4. The molecule has 2 aliphatic rings. The lowest BCUT2D eigenvalue weighted by Gasteiger charge is -2.35. The van der Waals surface area contributed by atoms with Gasteiger partial charge >= 0.3 is 11.9 Å². The fraction of sp³-hybridized carbons (Fsp3) is 0.333. The van der Waals surface area contributed by atoms with E-state index in [1.54, 1.807) is 36.9 Å². The summed E-state index contributed by atoms with van der Waals surface area (Å²) in [5, 5.41) is 0. The Kier molecular flexibility index (Phi) is 14.9. The molecule has 8 rings (SSSR count). The zero-order valence-corrected chi connectivity index (χ0v) is 38.7. The molecule has 0 spiro atoms. The number of benzene rings is 4. The van der Waals surface area contributed by atoms with Crippen LogP contribution in [0.5, 0.6) is 0 Å². The molecule has 0 saturated heterocycles. The zero-order valence-electron chi connectivity index (χ0n) is 38.7. The normalized spacial score (nSPS) is 15.8. The van der Waals surface area contributed by atoms with Gasteiger partial charge < -0.3 is 19.3 Å². The third-order valence-corrected chi connectivity index (χ3v) is 13.1. The highest BCUT2D eigenvalue weighted by Crippen LogP contribution is 2.38. The molecular formula is C54H62N6O4. The van der Waals surface area contributed by atoms with Crippen molar-refractivity contribution in [2.45, 2.75) is 64.5 Å². The number of pyridine rings is 2. The van der Waals surface area contributed by atoms with Crippen LogP contribution in [-0.2, 0) is 35.2 Å². The molecule has 4 heterocycles. The van der Waals surface area contributed by atoms with Crippen molar-refractivity contribution in [3.05, 3.63) is 177 Å². The van der Waals surface area contributed by atoms with Crippen molar-refractivity contribution < 1.29 is 19.1 Å². The summed E-state index contributed by atoms with van der Waals surface area (Å²) in [4.78, 5) is 42.0. The molecule has 0 unspecified atom stereocenters. The highest BCUT2D eigenvalue weighted by molar-refractivity contribution is 5.91. The lowest BCUT2D eigenvalue weighted by molar-refractivity contribution is 0.0590. The molecule has 2 aliphatic heterocycles. The van der Waals surface area contributed by atoms with Gasteiger partial charge in [-0.1, -0.05) is 47.5 Å². The number of anilines is 4. The van der Waals surface area contributed by atoms with Gasteiger partial charge in [0, 0.05) is 86.8 Å². The molecule has 0 bridgehead atoms. The van der Waals surface area contributed by atoms with Crippen LogP contribution in [0.1, 0.15) is 90.1 Å². The van der Waals surface area contributed by atoms with Crippen molar-refractivity contribution in [3.63, 3.8) is 0 Å². The molecule has 2 aromatic heterocycles. The van der Waals surface area contributed by atoms with Gasteiger partial charge in [0.25, 0.3) is 0 Å². The van der Waals surface area contributed by atoms with Crippen LogP contribution in [-0.4, -0.2) is 87.2 Å². The van der Waals surface area contributed by atoms with E-state index in [9.17, 15) is 9.59 Å². The van der Waals surface area contributed by atoms with Crippen LogP contribution in [0, 0.1) is 13.8 Å². The van der Waals surface area contributed by atoms with Gasteiger partial charge in [0.05, 0.1) is 25.3 Å². The number of ether oxygens (including phenoxy) is 2. The second kappa shape index (κ2) is 20.9. The summed E-state index contributed by atoms with van der Waals surface area (Å²) in [7, 11) is 11.5. The van der Waals surface area contributed by atoms with Gasteiger partial charge in [-0.2, -0.15) is 0 Å². The first-order valence-electron chi connectivity index (χ1n) is 22.2. The summed E-state index contributed by atoms with van der Waals surface area (Å²) >= 11 is 0. The van der Waals surface area contributed by atoms with Crippen molar-refractivity contribution in [2.24, 2.45) is 0 Å². The summed E-state index contributed by atoms with van der Waals surface area (Å²) in [5.41, 5.74) is 16.0. The summed E-state index contributed by atoms with van der Waals surface area (Å²) < 4.78 is 9.89. The number of rotatable bonds is 12. The molecule has 6 aromatic rings. The van der Waals surface area contributed by atoms with Gasteiger partial charge in [-0.25, -0.2) is 9.59 Å². The van der Waals surface area contributed by atoms with Gasteiger partial charge in [-0.15, -0.1) is 0 Å². The topological polar surface area (TPSA) is 91.3 Å². The van der Waals surface area contributed by atoms with Gasteiger partial charge in [-0.05, 0) is 161 Å². The number of esters is 2. The Hall–Kier alpha value is -6.36. The number of aromatic nitrogens is 2. The zero-order chi connectivity index (χ0) is 45.3. The summed E-state index contributed by atoms with van der Waals surface area (Å²) in [6.07, 6.45) is 12.3. The monoisotopic (exact) mass is 858 g/mol. The van der Waals surface area contributed by atoms with E-state index in [1.807, 2.05) is 0 Å². The maximum atomic E-state index is 12.1. The van der Waals surface area contributed by atoms with Crippen LogP contribution in [0.15, 0.2) is 122 Å². The molecule has 332 valence electrons. The Morgan fingerprint density at radius 1 is 0.578 bits per heavy atom. The lowest BCUT2D eigenvalue weighted by Crippen LogP contribution is -2.32. The highest BCUT2D eigenvalue weighted by Gasteiger charge is 2.28. The first-order valence-corrected chi connectivity index (χ1v) is 22.2. The average Bonchev–Trinajstić information content (AvgIpc) is 3.33. The van der Waals surface area contributed by atoms with E-state index in [0.29, 0.717) is 23.2 Å². The maximum absolute atomic E-state index is 12.1. The van der Waals surface area contributed by atoms with E-state index in [-0.39, 0.29) is 11.9 Å². The van der Waals surface area contributed by atoms with Crippen LogP contribution in [0.4, 0.5) is 22.7 Å². The van der Waals surface area contributed by atoms with Gasteiger partial charge in [-0.3, -0.25) is 19.8 Å². The molecule has 0 aliphatic carbocycles. The minimum Gasteiger partial charge on any atom is -0.465 e. The van der Waals surface area contributed by atoms with E-state index in [2.05, 4.69) is 157 Å². The molecule has 0 amide bonds. The third kappa shape index (κ3) is 10.5. The Morgan fingerprint density at radius 2 is 0.953 bits per heavy atom. The summed E-state index contributed by atoms with van der Waals surface area (Å²) in [6, 6.07) is 35.0. The quantitative estimate of drug-likeness (QED) is 0.111. The predicted octanol–water partition coefficient (Wildman–Crippen LogP) is 10.2. The standard InChI is InChI=1S/2C27H31N3O2/c2*1-19-5-8-22(9-6-19)30(3)23-10-11-24-20(17-23)14-16-29(2)26(24)12-7-21-18-28-15-13-25(21)27(31)32-4/h2*5-6,8-11,13,15,17-18,26H,7,12,14,16H2,1-4H3/t2*26-/m10/s1. The molecule has 10 heteroatoms. The Bertz CT molecular complexity index is 2370. The third-order valence-electron chi connectivity index (χ3n) is 13.1. The molecule has 2 atom stereocenters. The Labute approximate surface area is 379 Å². The summed E-state index contributed by atoms with van der Waals surface area (Å²) in [5.74, 6) is -0.604. The molecule has 4 aromatic carbocycles. The average molecular weight is 859 g/mol. The number of hydrogen-bond donors (Lipinski definition) is 0. The fourth-order valence-corrected chi connectivity index (χ4v) is 9.11. The predicted molar refractivity (Wildman–Crippen MR) is 257 cm³/mol.